The molecule has 136 valence electrons. The predicted molar refractivity (Wildman–Crippen MR) is 95.1 cm³/mol. The van der Waals surface area contributed by atoms with Crippen molar-refractivity contribution in [3.8, 4) is 5.75 Å². The fourth-order valence-corrected chi connectivity index (χ4v) is 3.27. The lowest BCUT2D eigenvalue weighted by Gasteiger charge is -2.31. The van der Waals surface area contributed by atoms with E-state index >= 15 is 0 Å². The fourth-order valence-electron chi connectivity index (χ4n) is 3.27. The molecule has 1 amide bonds. The molecule has 2 aliphatic rings. The van der Waals surface area contributed by atoms with E-state index in [2.05, 4.69) is 12.1 Å². The summed E-state index contributed by atoms with van der Waals surface area (Å²) >= 11 is 0. The highest BCUT2D eigenvalue weighted by Crippen LogP contribution is 2.34. The smallest absolute Gasteiger partial charge is 0.410 e. The van der Waals surface area contributed by atoms with Crippen LogP contribution in [0.1, 0.15) is 51.3 Å². The van der Waals surface area contributed by atoms with Crippen molar-refractivity contribution in [1.82, 2.24) is 4.90 Å². The monoisotopic (exact) mass is 345 g/mol. The molecule has 0 fully saturated rings. The van der Waals surface area contributed by atoms with Crippen LogP contribution in [0.5, 0.6) is 5.75 Å². The molecule has 0 radical (unpaired) electrons. The van der Waals surface area contributed by atoms with Gasteiger partial charge in [0.2, 0.25) is 0 Å². The zero-order valence-electron chi connectivity index (χ0n) is 15.8. The Bertz CT molecular complexity index is 715. The van der Waals surface area contributed by atoms with Gasteiger partial charge in [0.15, 0.2) is 11.4 Å². The van der Waals surface area contributed by atoms with E-state index in [1.165, 1.54) is 11.1 Å². The van der Waals surface area contributed by atoms with Gasteiger partial charge in [-0.3, -0.25) is 4.79 Å². The molecule has 0 bridgehead atoms. The summed E-state index contributed by atoms with van der Waals surface area (Å²) in [6.45, 7) is 10.5. The van der Waals surface area contributed by atoms with Crippen LogP contribution in [0.4, 0.5) is 4.79 Å². The van der Waals surface area contributed by atoms with Crippen LogP contribution >= 0.6 is 0 Å². The molecule has 1 aromatic carbocycles. The minimum absolute atomic E-state index is 0.101. The molecule has 2 heterocycles. The third kappa shape index (κ3) is 3.80. The van der Waals surface area contributed by atoms with Crippen molar-refractivity contribution in [1.29, 1.82) is 0 Å². The van der Waals surface area contributed by atoms with Crippen molar-refractivity contribution in [2.75, 3.05) is 13.1 Å². The van der Waals surface area contributed by atoms with E-state index in [4.69, 9.17) is 9.47 Å². The molecule has 0 spiro atoms. The highest BCUT2D eigenvalue weighted by atomic mass is 16.6. The number of ketones is 1. The normalized spacial score (nSPS) is 19.4. The molecule has 0 aromatic heterocycles. The van der Waals surface area contributed by atoms with Crippen LogP contribution in [-0.4, -0.2) is 41.1 Å². The van der Waals surface area contributed by atoms with Crippen LogP contribution in [0.3, 0.4) is 0 Å². The number of rotatable bonds is 0. The summed E-state index contributed by atoms with van der Waals surface area (Å²) in [6, 6.07) is 4.13. The van der Waals surface area contributed by atoms with E-state index in [1.54, 1.807) is 4.90 Å². The Kier molecular flexibility index (Phi) is 4.30. The molecule has 5 nitrogen and oxygen atoms in total. The number of benzene rings is 1. The van der Waals surface area contributed by atoms with Crippen molar-refractivity contribution >= 4 is 11.9 Å². The number of fused-ring (bicyclic) bond motifs is 2. The highest BCUT2D eigenvalue weighted by molar-refractivity contribution is 5.90. The van der Waals surface area contributed by atoms with E-state index in [-0.39, 0.29) is 11.9 Å². The average molecular weight is 345 g/mol. The van der Waals surface area contributed by atoms with E-state index in [1.807, 2.05) is 34.6 Å². The fraction of sp³-hybridized carbons (Fsp3) is 0.600. The predicted octanol–water partition coefficient (Wildman–Crippen LogP) is 3.30. The van der Waals surface area contributed by atoms with Crippen LogP contribution in [0.25, 0.3) is 0 Å². The summed E-state index contributed by atoms with van der Waals surface area (Å²) in [7, 11) is 0. The summed E-state index contributed by atoms with van der Waals surface area (Å²) < 4.78 is 11.4. The average Bonchev–Trinajstić information content (AvgIpc) is 2.66. The minimum Gasteiger partial charge on any atom is -0.480 e. The van der Waals surface area contributed by atoms with Crippen LogP contribution in [0, 0.1) is 0 Å². The Balaban J connectivity index is 1.79. The molecule has 0 N–H and O–H groups in total. The van der Waals surface area contributed by atoms with Crippen LogP contribution in [0.15, 0.2) is 12.1 Å². The standard InChI is InChI=1S/C20H27NO4/c1-19(2,3)25-18(23)21-8-6-13-10-15-12-17(22)20(4,5)24-16(15)11-14(13)7-9-21/h10-11H,6-9,12H2,1-5H3. The van der Waals surface area contributed by atoms with Gasteiger partial charge in [0.25, 0.3) is 0 Å². The van der Waals surface area contributed by atoms with Crippen molar-refractivity contribution in [2.24, 2.45) is 0 Å². The van der Waals surface area contributed by atoms with Crippen LogP contribution < -0.4 is 4.74 Å². The van der Waals surface area contributed by atoms with Crippen molar-refractivity contribution in [2.45, 2.75) is 65.1 Å². The van der Waals surface area contributed by atoms with E-state index in [0.717, 1.165) is 24.2 Å². The molecular formula is C20H27NO4. The Morgan fingerprint density at radius 2 is 1.72 bits per heavy atom. The molecule has 0 saturated carbocycles. The lowest BCUT2D eigenvalue weighted by atomic mass is 9.89. The van der Waals surface area contributed by atoms with Gasteiger partial charge in [-0.1, -0.05) is 6.07 Å². The number of carbonyl (C=O) groups is 2. The topological polar surface area (TPSA) is 55.8 Å². The molecule has 0 aliphatic carbocycles. The van der Waals surface area contributed by atoms with E-state index < -0.39 is 11.2 Å². The van der Waals surface area contributed by atoms with Gasteiger partial charge in [-0.05, 0) is 64.7 Å². The third-order valence-electron chi connectivity index (χ3n) is 4.72. The van der Waals surface area contributed by atoms with Gasteiger partial charge in [0, 0.05) is 25.1 Å². The molecule has 2 aliphatic heterocycles. The zero-order valence-corrected chi connectivity index (χ0v) is 15.8. The number of carbonyl (C=O) groups excluding carboxylic acids is 2. The van der Waals surface area contributed by atoms with Crippen molar-refractivity contribution in [3.63, 3.8) is 0 Å². The number of ether oxygens (including phenoxy) is 2. The van der Waals surface area contributed by atoms with Crippen LogP contribution in [-0.2, 0) is 28.8 Å². The summed E-state index contributed by atoms with van der Waals surface area (Å²) in [5, 5.41) is 0. The van der Waals surface area contributed by atoms with Gasteiger partial charge in [-0.2, -0.15) is 0 Å². The summed E-state index contributed by atoms with van der Waals surface area (Å²) in [6.07, 6.45) is 1.67. The second kappa shape index (κ2) is 6.04. The first-order valence-corrected chi connectivity index (χ1v) is 8.90. The summed E-state index contributed by atoms with van der Waals surface area (Å²) in [5.41, 5.74) is 2.08. The number of amides is 1. The maximum absolute atomic E-state index is 12.3. The maximum Gasteiger partial charge on any atom is 0.410 e. The molecule has 3 rings (SSSR count). The molecule has 25 heavy (non-hydrogen) atoms. The summed E-state index contributed by atoms with van der Waals surface area (Å²) in [5.74, 6) is 0.901. The third-order valence-corrected chi connectivity index (χ3v) is 4.72. The number of nitrogens with zero attached hydrogens (tertiary/aromatic N) is 1. The van der Waals surface area contributed by atoms with Crippen LogP contribution in [0.2, 0.25) is 0 Å². The molecule has 0 atom stereocenters. The van der Waals surface area contributed by atoms with Gasteiger partial charge in [-0.15, -0.1) is 0 Å². The van der Waals surface area contributed by atoms with Crippen molar-refractivity contribution < 1.29 is 19.1 Å². The van der Waals surface area contributed by atoms with E-state index in [9.17, 15) is 9.59 Å². The van der Waals surface area contributed by atoms with Gasteiger partial charge in [0.05, 0.1) is 0 Å². The van der Waals surface area contributed by atoms with Gasteiger partial charge in [-0.25, -0.2) is 4.79 Å². The lowest BCUT2D eigenvalue weighted by Crippen LogP contribution is -2.42. The maximum atomic E-state index is 12.3. The highest BCUT2D eigenvalue weighted by Gasteiger charge is 2.36. The first-order valence-electron chi connectivity index (χ1n) is 8.90. The first-order chi connectivity index (χ1) is 11.5. The molecular weight excluding hydrogens is 318 g/mol. The summed E-state index contributed by atoms with van der Waals surface area (Å²) in [4.78, 5) is 26.3. The molecule has 1 aromatic rings. The molecule has 5 heteroatoms. The minimum atomic E-state index is -0.769. The molecule has 0 saturated heterocycles. The second-order valence-electron chi connectivity index (χ2n) is 8.41. The van der Waals surface area contributed by atoms with Gasteiger partial charge < -0.3 is 14.4 Å². The largest absolute Gasteiger partial charge is 0.480 e. The number of hydrogen-bond donors (Lipinski definition) is 0. The first kappa shape index (κ1) is 17.8. The van der Waals surface area contributed by atoms with E-state index in [0.29, 0.717) is 19.5 Å². The molecule has 0 unspecified atom stereocenters. The Labute approximate surface area is 149 Å². The number of Topliss-reactive ketones (excluding diaryl/α,β-unsaturated/α-hetero) is 1. The quantitative estimate of drug-likeness (QED) is 0.724. The lowest BCUT2D eigenvalue weighted by molar-refractivity contribution is -0.132. The van der Waals surface area contributed by atoms with Gasteiger partial charge >= 0.3 is 6.09 Å². The Morgan fingerprint density at radius 1 is 1.12 bits per heavy atom. The Morgan fingerprint density at radius 3 is 2.32 bits per heavy atom. The Hall–Kier alpha value is -2.04. The zero-order chi connectivity index (χ0) is 18.4. The van der Waals surface area contributed by atoms with Gasteiger partial charge in [0.1, 0.15) is 11.4 Å². The van der Waals surface area contributed by atoms with Crippen molar-refractivity contribution in [3.05, 3.63) is 28.8 Å². The SMILES string of the molecule is CC(C)(C)OC(=O)N1CCc2cc3c(cc2CC1)OC(C)(C)C(=O)C3. The number of hydrogen-bond acceptors (Lipinski definition) is 4. The second-order valence-corrected chi connectivity index (χ2v) is 8.41.